The molecular weight excluding hydrogens is 390 g/mol. The maximum Gasteiger partial charge on any atom is 0.261 e. The molecule has 0 atom stereocenters. The maximum atomic E-state index is 12.9. The van der Waals surface area contributed by atoms with E-state index in [1.54, 1.807) is 32.0 Å². The smallest absolute Gasteiger partial charge is 0.261 e. The van der Waals surface area contributed by atoms with Crippen molar-refractivity contribution >= 4 is 34.8 Å². The lowest BCUT2D eigenvalue weighted by Crippen LogP contribution is -2.35. The molecule has 0 spiro atoms. The number of carbonyl (C=O) groups excluding carboxylic acids is 3. The summed E-state index contributed by atoms with van der Waals surface area (Å²) in [4.78, 5) is 39.2. The number of hydrogen-bond acceptors (Lipinski definition) is 4. The van der Waals surface area contributed by atoms with Crippen LogP contribution in [-0.2, 0) is 0 Å². The number of hydrogen-bond donors (Lipinski definition) is 2. The molecular formula is C25H23N3O3. The Hall–Kier alpha value is -3.93. The first-order chi connectivity index (χ1) is 14.8. The summed E-state index contributed by atoms with van der Waals surface area (Å²) in [6.07, 6.45) is 0. The minimum atomic E-state index is -0.369. The zero-order chi connectivity index (χ0) is 22.1. The molecule has 6 nitrogen and oxygen atoms in total. The fraction of sp³-hybridized carbons (Fsp3) is 0.160. The first-order valence-electron chi connectivity index (χ1n) is 10.1. The van der Waals surface area contributed by atoms with Crippen LogP contribution < -0.4 is 10.6 Å². The van der Waals surface area contributed by atoms with Crippen LogP contribution in [0.2, 0.25) is 0 Å². The Balaban J connectivity index is 1.57. The molecule has 6 heteroatoms. The lowest BCUT2D eigenvalue weighted by molar-refractivity contribution is 0.0609. The van der Waals surface area contributed by atoms with Crippen molar-refractivity contribution in [3.05, 3.63) is 89.0 Å². The highest BCUT2D eigenvalue weighted by atomic mass is 16.2. The van der Waals surface area contributed by atoms with E-state index in [4.69, 9.17) is 0 Å². The van der Waals surface area contributed by atoms with E-state index in [0.717, 1.165) is 16.9 Å². The van der Waals surface area contributed by atoms with E-state index < -0.39 is 0 Å². The van der Waals surface area contributed by atoms with Gasteiger partial charge in [0.15, 0.2) is 0 Å². The molecule has 1 aliphatic rings. The van der Waals surface area contributed by atoms with Crippen molar-refractivity contribution < 1.29 is 14.4 Å². The minimum Gasteiger partial charge on any atom is -0.354 e. The molecule has 0 unspecified atom stereocenters. The van der Waals surface area contributed by atoms with Crippen LogP contribution in [0.25, 0.3) is 0 Å². The number of nitrogens with one attached hydrogen (secondary N) is 2. The number of rotatable bonds is 5. The predicted molar refractivity (Wildman–Crippen MR) is 121 cm³/mol. The van der Waals surface area contributed by atoms with Gasteiger partial charge >= 0.3 is 0 Å². The van der Waals surface area contributed by atoms with Crippen molar-refractivity contribution in [2.24, 2.45) is 0 Å². The van der Waals surface area contributed by atoms with Crippen LogP contribution in [0.1, 0.15) is 50.5 Å². The molecule has 4 rings (SSSR count). The second-order valence-corrected chi connectivity index (χ2v) is 7.83. The van der Waals surface area contributed by atoms with Crippen LogP contribution >= 0.6 is 0 Å². The molecule has 0 bridgehead atoms. The van der Waals surface area contributed by atoms with Gasteiger partial charge in [0.05, 0.1) is 22.5 Å². The summed E-state index contributed by atoms with van der Waals surface area (Å²) >= 11 is 0. The van der Waals surface area contributed by atoms with Crippen LogP contribution in [0.4, 0.5) is 17.1 Å². The molecule has 0 fully saturated rings. The number of imide groups is 1. The summed E-state index contributed by atoms with van der Waals surface area (Å²) in [6, 6.07) is 19.7. The zero-order valence-electron chi connectivity index (χ0n) is 17.6. The monoisotopic (exact) mass is 413 g/mol. The second-order valence-electron chi connectivity index (χ2n) is 7.83. The maximum absolute atomic E-state index is 12.9. The number of carbonyl (C=O) groups is 3. The van der Waals surface area contributed by atoms with Gasteiger partial charge in [0.1, 0.15) is 0 Å². The molecule has 156 valence electrons. The van der Waals surface area contributed by atoms with Crippen LogP contribution in [0.15, 0.2) is 66.7 Å². The molecule has 3 aromatic rings. The zero-order valence-corrected chi connectivity index (χ0v) is 17.6. The molecule has 3 aromatic carbocycles. The van der Waals surface area contributed by atoms with Crippen molar-refractivity contribution in [1.29, 1.82) is 0 Å². The number of benzene rings is 3. The third-order valence-corrected chi connectivity index (χ3v) is 5.20. The third kappa shape index (κ3) is 3.92. The first-order valence-corrected chi connectivity index (χ1v) is 10.1. The Bertz CT molecular complexity index is 1180. The second kappa shape index (κ2) is 8.07. The average molecular weight is 413 g/mol. The van der Waals surface area contributed by atoms with E-state index in [-0.39, 0.29) is 29.3 Å². The van der Waals surface area contributed by atoms with Gasteiger partial charge in [-0.2, -0.15) is 0 Å². The summed E-state index contributed by atoms with van der Waals surface area (Å²) in [5.41, 5.74) is 4.33. The van der Waals surface area contributed by atoms with Gasteiger partial charge in [-0.25, -0.2) is 0 Å². The van der Waals surface area contributed by atoms with Gasteiger partial charge in [-0.05, 0) is 63.2 Å². The van der Waals surface area contributed by atoms with Gasteiger partial charge in [-0.3, -0.25) is 19.3 Å². The number of fused-ring (bicyclic) bond motifs is 1. The predicted octanol–water partition coefficient (Wildman–Crippen LogP) is 5.00. The topological polar surface area (TPSA) is 78.5 Å². The number of amides is 3. The van der Waals surface area contributed by atoms with E-state index in [1.165, 1.54) is 11.0 Å². The van der Waals surface area contributed by atoms with Crippen molar-refractivity contribution in [2.45, 2.75) is 26.8 Å². The molecule has 2 N–H and O–H groups in total. The van der Waals surface area contributed by atoms with E-state index in [0.29, 0.717) is 16.8 Å². The largest absolute Gasteiger partial charge is 0.354 e. The molecule has 3 amide bonds. The van der Waals surface area contributed by atoms with E-state index in [1.807, 2.05) is 49.4 Å². The minimum absolute atomic E-state index is 0.246. The Labute approximate surface area is 180 Å². The SMILES string of the molecule is Cc1ccc(Nc2ccccc2NC(=O)c2ccc3c(c2)C(=O)N(C(C)C)C3=O)cc1. The van der Waals surface area contributed by atoms with Gasteiger partial charge in [0.2, 0.25) is 0 Å². The van der Waals surface area contributed by atoms with Crippen LogP contribution in [0.5, 0.6) is 0 Å². The Morgan fingerprint density at radius 1 is 0.839 bits per heavy atom. The van der Waals surface area contributed by atoms with E-state index in [9.17, 15) is 14.4 Å². The van der Waals surface area contributed by atoms with Gasteiger partial charge in [-0.1, -0.05) is 29.8 Å². The quantitative estimate of drug-likeness (QED) is 0.577. The summed E-state index contributed by atoms with van der Waals surface area (Å²) in [7, 11) is 0. The summed E-state index contributed by atoms with van der Waals surface area (Å²) in [6.45, 7) is 5.59. The number of anilines is 3. The highest BCUT2D eigenvalue weighted by Crippen LogP contribution is 2.28. The lowest BCUT2D eigenvalue weighted by Gasteiger charge is -2.17. The molecule has 0 radical (unpaired) electrons. The highest BCUT2D eigenvalue weighted by Gasteiger charge is 2.37. The lowest BCUT2D eigenvalue weighted by atomic mass is 10.1. The fourth-order valence-electron chi connectivity index (χ4n) is 3.56. The summed E-state index contributed by atoms with van der Waals surface area (Å²) in [5.74, 6) is -1.05. The standard InChI is InChI=1S/C25H23N3O3/c1-15(2)28-24(30)19-13-10-17(14-20(19)25(28)31)23(29)27-22-7-5-4-6-21(22)26-18-11-8-16(3)9-12-18/h4-15,26H,1-3H3,(H,27,29). The molecule has 1 aliphatic heterocycles. The van der Waals surface area contributed by atoms with Crippen molar-refractivity contribution in [3.8, 4) is 0 Å². The molecule has 0 saturated heterocycles. The number of aryl methyl sites for hydroxylation is 1. The number of nitrogens with zero attached hydrogens (tertiary/aromatic N) is 1. The van der Waals surface area contributed by atoms with Gasteiger partial charge in [-0.15, -0.1) is 0 Å². The molecule has 1 heterocycles. The molecule has 31 heavy (non-hydrogen) atoms. The third-order valence-electron chi connectivity index (χ3n) is 5.20. The molecule has 0 saturated carbocycles. The Kier molecular flexibility index (Phi) is 5.29. The van der Waals surface area contributed by atoms with Crippen LogP contribution in [0, 0.1) is 6.92 Å². The van der Waals surface area contributed by atoms with E-state index in [2.05, 4.69) is 10.6 Å². The Morgan fingerprint density at radius 2 is 1.48 bits per heavy atom. The van der Waals surface area contributed by atoms with Crippen LogP contribution in [0.3, 0.4) is 0 Å². The Morgan fingerprint density at radius 3 is 2.16 bits per heavy atom. The van der Waals surface area contributed by atoms with Gasteiger partial charge < -0.3 is 10.6 Å². The highest BCUT2D eigenvalue weighted by molar-refractivity contribution is 6.22. The first kappa shape index (κ1) is 20.3. The van der Waals surface area contributed by atoms with Crippen molar-refractivity contribution in [2.75, 3.05) is 10.6 Å². The molecule has 0 aliphatic carbocycles. The van der Waals surface area contributed by atoms with Gasteiger partial charge in [0.25, 0.3) is 17.7 Å². The van der Waals surface area contributed by atoms with Crippen molar-refractivity contribution in [3.63, 3.8) is 0 Å². The normalized spacial score (nSPS) is 12.8. The van der Waals surface area contributed by atoms with Crippen molar-refractivity contribution in [1.82, 2.24) is 4.90 Å². The summed E-state index contributed by atoms with van der Waals surface area (Å²) in [5, 5.41) is 6.21. The fourth-order valence-corrected chi connectivity index (χ4v) is 3.56. The van der Waals surface area contributed by atoms with E-state index >= 15 is 0 Å². The number of para-hydroxylation sites is 2. The van der Waals surface area contributed by atoms with Gasteiger partial charge in [0, 0.05) is 17.3 Å². The van der Waals surface area contributed by atoms with Crippen LogP contribution in [-0.4, -0.2) is 28.7 Å². The average Bonchev–Trinajstić information content (AvgIpc) is 3.01. The molecule has 0 aromatic heterocycles. The summed E-state index contributed by atoms with van der Waals surface area (Å²) < 4.78 is 0.